The van der Waals surface area contributed by atoms with Gasteiger partial charge in [-0.3, -0.25) is 9.78 Å². The summed E-state index contributed by atoms with van der Waals surface area (Å²) in [4.78, 5) is 29.4. The first-order valence-corrected chi connectivity index (χ1v) is 9.96. The first-order valence-electron chi connectivity index (χ1n) is 7.02. The molecule has 0 radical (unpaired) electrons. The minimum Gasteiger partial charge on any atom is -0.612 e. The molecule has 2 atom stereocenters. The average Bonchev–Trinajstić information content (AvgIpc) is 2.50. The van der Waals surface area contributed by atoms with Gasteiger partial charge in [-0.05, 0) is 32.6 Å². The fraction of sp³-hybridized carbons (Fsp3) is 0.538. The van der Waals surface area contributed by atoms with Crippen molar-refractivity contribution in [2.75, 3.05) is 26.8 Å². The van der Waals surface area contributed by atoms with Crippen molar-refractivity contribution in [3.05, 3.63) is 30.1 Å². The molecule has 0 aliphatic carbocycles. The van der Waals surface area contributed by atoms with Crippen LogP contribution in [0.3, 0.4) is 0 Å². The normalized spacial score (nSPS) is 13.9. The number of carbonyl (C=O) groups is 1. The van der Waals surface area contributed by atoms with E-state index in [1.165, 1.54) is 24.5 Å². The van der Waals surface area contributed by atoms with E-state index in [4.69, 9.17) is 0 Å². The Morgan fingerprint density at radius 1 is 1.52 bits per heavy atom. The molecule has 1 N–H and O–H groups in total. The lowest BCUT2D eigenvalue weighted by Crippen LogP contribution is -2.37. The highest BCUT2D eigenvalue weighted by Gasteiger charge is 2.28. The summed E-state index contributed by atoms with van der Waals surface area (Å²) in [6, 6.07) is 2.98. The Morgan fingerprint density at radius 2 is 2.22 bits per heavy atom. The van der Waals surface area contributed by atoms with Crippen LogP contribution in [0.15, 0.2) is 29.3 Å². The lowest BCUT2D eigenvalue weighted by molar-refractivity contribution is -0.155. The van der Waals surface area contributed by atoms with Crippen LogP contribution in [0.25, 0.3) is 0 Å². The van der Waals surface area contributed by atoms with Crippen molar-refractivity contribution >= 4 is 23.9 Å². The van der Waals surface area contributed by atoms with Crippen LogP contribution in [0.5, 0.6) is 0 Å². The highest BCUT2D eigenvalue weighted by atomic mass is 32.2. The molecule has 0 saturated carbocycles. The van der Waals surface area contributed by atoms with Gasteiger partial charge in [0.25, 0.3) is 15.9 Å². The van der Waals surface area contributed by atoms with Gasteiger partial charge in [0.2, 0.25) is 5.37 Å². The number of carbonyl (C=O) groups excluding carboxylic acids is 1. The number of pyridine rings is 1. The van der Waals surface area contributed by atoms with E-state index in [1.54, 1.807) is 6.92 Å². The Hall–Kier alpha value is -1.41. The highest BCUT2D eigenvalue weighted by molar-refractivity contribution is 7.90. The van der Waals surface area contributed by atoms with Gasteiger partial charge in [0.15, 0.2) is 7.94 Å². The molecular weight excluding hydrogens is 339 g/mol. The Balaban J connectivity index is 2.83. The van der Waals surface area contributed by atoms with Gasteiger partial charge < -0.3 is 9.79 Å². The standard InChI is InChI=1S/C13H21N4O4PS/c1-4-12(15-22(19)9-8-17(2)3)23(20,21)16-13(18)11-6-5-7-14-10-11/h5-7,10,12H,4,8-9H2,1-3H3,(H,16,18). The maximum atomic E-state index is 12.2. The summed E-state index contributed by atoms with van der Waals surface area (Å²) < 4.78 is 30.3. The van der Waals surface area contributed by atoms with Crippen LogP contribution in [0.4, 0.5) is 0 Å². The minimum absolute atomic E-state index is 0.124. The van der Waals surface area contributed by atoms with Crippen molar-refractivity contribution in [2.45, 2.75) is 18.7 Å². The second kappa shape index (κ2) is 9.02. The van der Waals surface area contributed by atoms with Crippen LogP contribution >= 0.6 is 7.94 Å². The summed E-state index contributed by atoms with van der Waals surface area (Å²) in [6.45, 7) is 2.15. The molecule has 128 valence electrons. The molecule has 0 spiro atoms. The molecule has 0 aliphatic rings. The molecule has 1 heterocycles. The average molecular weight is 360 g/mol. The van der Waals surface area contributed by atoms with Crippen LogP contribution < -0.4 is 9.62 Å². The third-order valence-corrected chi connectivity index (χ3v) is 5.76. The van der Waals surface area contributed by atoms with Gasteiger partial charge in [0, 0.05) is 18.9 Å². The van der Waals surface area contributed by atoms with E-state index in [0.29, 0.717) is 6.54 Å². The predicted molar refractivity (Wildman–Crippen MR) is 87.5 cm³/mol. The summed E-state index contributed by atoms with van der Waals surface area (Å²) in [7, 11) is -2.41. The topological polar surface area (TPSA) is 115 Å². The minimum atomic E-state index is -4.04. The van der Waals surface area contributed by atoms with Crippen LogP contribution in [0, 0.1) is 0 Å². The van der Waals surface area contributed by atoms with Gasteiger partial charge >= 0.3 is 0 Å². The van der Waals surface area contributed by atoms with E-state index in [0.717, 1.165) is 0 Å². The number of rotatable bonds is 8. The molecule has 0 saturated heterocycles. The quantitative estimate of drug-likeness (QED) is 0.670. The summed E-state index contributed by atoms with van der Waals surface area (Å²) in [5.41, 5.74) is 0.128. The predicted octanol–water partition coefficient (Wildman–Crippen LogP) is 0.380. The summed E-state index contributed by atoms with van der Waals surface area (Å²) in [5.74, 6) is -0.782. The number of hydrogen-bond donors (Lipinski definition) is 1. The maximum absolute atomic E-state index is 12.2. The second-order valence-electron chi connectivity index (χ2n) is 5.08. The third-order valence-electron chi connectivity index (χ3n) is 2.86. The Morgan fingerprint density at radius 3 is 2.74 bits per heavy atom. The summed E-state index contributed by atoms with van der Waals surface area (Å²) in [6.07, 6.45) is 3.13. The fourth-order valence-electron chi connectivity index (χ4n) is 1.60. The molecule has 23 heavy (non-hydrogen) atoms. The van der Waals surface area contributed by atoms with Crippen LogP contribution in [-0.4, -0.2) is 56.4 Å². The molecule has 0 aromatic carbocycles. The molecule has 1 amide bonds. The van der Waals surface area contributed by atoms with E-state index < -0.39 is 29.2 Å². The van der Waals surface area contributed by atoms with Crippen molar-refractivity contribution in [3.63, 3.8) is 0 Å². The zero-order valence-corrected chi connectivity index (χ0v) is 15.0. The molecule has 10 heteroatoms. The van der Waals surface area contributed by atoms with E-state index in [1.807, 2.05) is 23.7 Å². The van der Waals surface area contributed by atoms with Gasteiger partial charge in [0.1, 0.15) is 6.16 Å². The highest BCUT2D eigenvalue weighted by Crippen LogP contribution is 2.20. The van der Waals surface area contributed by atoms with E-state index >= 15 is 0 Å². The molecule has 1 aromatic heterocycles. The van der Waals surface area contributed by atoms with Crippen LogP contribution in [-0.2, 0) is 10.0 Å². The summed E-state index contributed by atoms with van der Waals surface area (Å²) in [5, 5.41) is -1.23. The van der Waals surface area contributed by atoms with E-state index in [2.05, 4.69) is 9.73 Å². The van der Waals surface area contributed by atoms with Gasteiger partial charge in [-0.2, -0.15) is 0 Å². The number of nitrogens with one attached hydrogen (secondary N) is 1. The fourth-order valence-corrected chi connectivity index (χ4v) is 4.50. The molecule has 1 rings (SSSR count). The van der Waals surface area contributed by atoms with Crippen molar-refractivity contribution in [3.8, 4) is 0 Å². The maximum Gasteiger partial charge on any atom is 0.266 e. The second-order valence-corrected chi connectivity index (χ2v) is 8.30. The largest absolute Gasteiger partial charge is 0.612 e. The Bertz CT molecular complexity index is 649. The molecule has 1 aromatic rings. The third kappa shape index (κ3) is 6.70. The molecule has 0 bridgehead atoms. The van der Waals surface area contributed by atoms with Crippen molar-refractivity contribution in [1.29, 1.82) is 0 Å². The number of sulfonamides is 1. The first-order chi connectivity index (χ1) is 10.8. The smallest absolute Gasteiger partial charge is 0.266 e. The molecule has 0 aliphatic heterocycles. The van der Waals surface area contributed by atoms with E-state index in [-0.39, 0.29) is 18.1 Å². The van der Waals surface area contributed by atoms with E-state index in [9.17, 15) is 18.1 Å². The lowest BCUT2D eigenvalue weighted by atomic mass is 10.3. The van der Waals surface area contributed by atoms with Gasteiger partial charge in [-0.15, -0.1) is 0 Å². The zero-order valence-electron chi connectivity index (χ0n) is 13.3. The summed E-state index contributed by atoms with van der Waals surface area (Å²) >= 11 is 0. The molecule has 2 unspecified atom stereocenters. The SMILES string of the molecule is CCC(/N=[P+](\[O-])CCN(C)C)S(=O)(=O)NC(=O)c1cccnc1. The Labute approximate surface area is 137 Å². The number of amides is 1. The van der Waals surface area contributed by atoms with Crippen LogP contribution in [0.1, 0.15) is 23.7 Å². The number of nitrogens with zero attached hydrogens (tertiary/aromatic N) is 3. The van der Waals surface area contributed by atoms with Crippen molar-refractivity contribution in [2.24, 2.45) is 4.74 Å². The van der Waals surface area contributed by atoms with Gasteiger partial charge in [-0.25, -0.2) is 13.1 Å². The van der Waals surface area contributed by atoms with Crippen molar-refractivity contribution in [1.82, 2.24) is 14.6 Å². The molecule has 0 fully saturated rings. The molecule has 8 nitrogen and oxygen atoms in total. The number of aromatic nitrogens is 1. The first kappa shape index (κ1) is 19.6. The monoisotopic (exact) mass is 360 g/mol. The number of hydrogen-bond acceptors (Lipinski definition) is 7. The molecular formula is C13H21N4O4PS. The Kier molecular flexibility index (Phi) is 7.70. The van der Waals surface area contributed by atoms with Crippen molar-refractivity contribution < 1.29 is 18.1 Å². The zero-order chi connectivity index (χ0) is 17.5. The van der Waals surface area contributed by atoms with Gasteiger partial charge in [0.05, 0.1) is 5.56 Å². The lowest BCUT2D eigenvalue weighted by Gasteiger charge is -2.12. The van der Waals surface area contributed by atoms with Crippen LogP contribution in [0.2, 0.25) is 0 Å². The van der Waals surface area contributed by atoms with Gasteiger partial charge in [-0.1, -0.05) is 11.7 Å².